The molecule has 0 aromatic rings. The number of aliphatic hydroxyl groups excluding tert-OH is 1. The van der Waals surface area contributed by atoms with Crippen molar-refractivity contribution in [1.82, 2.24) is 0 Å². The van der Waals surface area contributed by atoms with Gasteiger partial charge >= 0.3 is 0 Å². The number of rotatable bonds is 0. The number of hydrogen-bond donors (Lipinski definition) is 2. The van der Waals surface area contributed by atoms with Crippen molar-refractivity contribution >= 4 is 0 Å². The Morgan fingerprint density at radius 1 is 1.00 bits per heavy atom. The Bertz CT molecular complexity index is 216. The van der Waals surface area contributed by atoms with Crippen LogP contribution in [0, 0.1) is 5.41 Å². The van der Waals surface area contributed by atoms with Gasteiger partial charge in [-0.05, 0) is 56.8 Å². The van der Waals surface area contributed by atoms with Crippen molar-refractivity contribution in [2.75, 3.05) is 0 Å². The van der Waals surface area contributed by atoms with Crippen molar-refractivity contribution in [3.63, 3.8) is 0 Å². The van der Waals surface area contributed by atoms with Crippen LogP contribution in [-0.4, -0.2) is 21.9 Å². The molecule has 3 atom stereocenters. The summed E-state index contributed by atoms with van der Waals surface area (Å²) in [5.74, 6) is 0. The zero-order valence-corrected chi connectivity index (χ0v) is 9.13. The molecule has 2 aliphatic carbocycles. The molecule has 0 spiro atoms. The molecule has 2 saturated carbocycles. The maximum Gasteiger partial charge on any atom is 0.0701 e. The van der Waals surface area contributed by atoms with Crippen molar-refractivity contribution in [3.8, 4) is 0 Å². The van der Waals surface area contributed by atoms with E-state index < -0.39 is 5.60 Å². The third kappa shape index (κ3) is 1.59. The summed E-state index contributed by atoms with van der Waals surface area (Å²) >= 11 is 0. The molecule has 2 heteroatoms. The Balaban J connectivity index is 2.14. The van der Waals surface area contributed by atoms with Crippen LogP contribution < -0.4 is 0 Å². The molecular formula is C12H22O2. The van der Waals surface area contributed by atoms with Gasteiger partial charge in [0.1, 0.15) is 0 Å². The van der Waals surface area contributed by atoms with Crippen LogP contribution in [0.1, 0.15) is 58.3 Å². The Labute approximate surface area is 86.3 Å². The first kappa shape index (κ1) is 10.4. The van der Waals surface area contributed by atoms with Crippen LogP contribution in [-0.2, 0) is 0 Å². The highest BCUT2D eigenvalue weighted by molar-refractivity contribution is 5.02. The van der Waals surface area contributed by atoms with E-state index in [1.54, 1.807) is 0 Å². The van der Waals surface area contributed by atoms with E-state index in [-0.39, 0.29) is 11.5 Å². The molecule has 0 bridgehead atoms. The average Bonchev–Trinajstić information content (AvgIpc) is 2.39. The quantitative estimate of drug-likeness (QED) is 0.626. The van der Waals surface area contributed by atoms with E-state index in [0.717, 1.165) is 51.4 Å². The van der Waals surface area contributed by atoms with E-state index in [2.05, 4.69) is 6.92 Å². The fourth-order valence-corrected chi connectivity index (χ4v) is 3.35. The van der Waals surface area contributed by atoms with Gasteiger partial charge in [-0.1, -0.05) is 6.92 Å². The van der Waals surface area contributed by atoms with E-state index in [9.17, 15) is 10.2 Å². The first-order valence-corrected chi connectivity index (χ1v) is 5.96. The van der Waals surface area contributed by atoms with E-state index in [0.29, 0.717) is 0 Å². The molecule has 0 aromatic carbocycles. The van der Waals surface area contributed by atoms with Crippen LogP contribution in [0.5, 0.6) is 0 Å². The monoisotopic (exact) mass is 198 g/mol. The summed E-state index contributed by atoms with van der Waals surface area (Å²) < 4.78 is 0. The highest BCUT2D eigenvalue weighted by atomic mass is 16.3. The van der Waals surface area contributed by atoms with Crippen molar-refractivity contribution in [1.29, 1.82) is 0 Å². The normalized spacial score (nSPS) is 49.5. The third-order valence-corrected chi connectivity index (χ3v) is 4.60. The highest BCUT2D eigenvalue weighted by Crippen LogP contribution is 2.52. The topological polar surface area (TPSA) is 40.5 Å². The Morgan fingerprint density at radius 2 is 1.71 bits per heavy atom. The highest BCUT2D eigenvalue weighted by Gasteiger charge is 2.50. The zero-order chi connectivity index (χ0) is 10.2. The molecule has 0 aliphatic heterocycles. The van der Waals surface area contributed by atoms with E-state index >= 15 is 0 Å². The molecular weight excluding hydrogens is 176 g/mol. The van der Waals surface area contributed by atoms with Crippen LogP contribution in [0.2, 0.25) is 0 Å². The molecule has 2 fully saturated rings. The van der Waals surface area contributed by atoms with E-state index in [1.165, 1.54) is 0 Å². The lowest BCUT2D eigenvalue weighted by Crippen LogP contribution is -2.43. The van der Waals surface area contributed by atoms with Crippen molar-refractivity contribution in [3.05, 3.63) is 0 Å². The van der Waals surface area contributed by atoms with Gasteiger partial charge in [0.25, 0.3) is 0 Å². The SMILES string of the molecule is CC12CCCC1(O)CCCC(O)CC2. The summed E-state index contributed by atoms with van der Waals surface area (Å²) in [6, 6.07) is 0. The standard InChI is InChI=1S/C12H22O2/c1-11-6-3-8-12(11,14)7-2-4-10(13)5-9-11/h10,13-14H,2-9H2,1H3. The molecule has 82 valence electrons. The molecule has 14 heavy (non-hydrogen) atoms. The Hall–Kier alpha value is -0.0800. The van der Waals surface area contributed by atoms with Crippen molar-refractivity contribution in [2.24, 2.45) is 5.41 Å². The summed E-state index contributed by atoms with van der Waals surface area (Å²) in [7, 11) is 0. The first-order valence-electron chi connectivity index (χ1n) is 5.96. The summed E-state index contributed by atoms with van der Waals surface area (Å²) in [6.07, 6.45) is 7.74. The maximum atomic E-state index is 10.6. The minimum Gasteiger partial charge on any atom is -0.393 e. The summed E-state index contributed by atoms with van der Waals surface area (Å²) in [6.45, 7) is 2.21. The molecule has 2 rings (SSSR count). The molecule has 0 heterocycles. The van der Waals surface area contributed by atoms with Crippen LogP contribution in [0.25, 0.3) is 0 Å². The van der Waals surface area contributed by atoms with Gasteiger partial charge in [0.15, 0.2) is 0 Å². The van der Waals surface area contributed by atoms with Gasteiger partial charge in [0.2, 0.25) is 0 Å². The van der Waals surface area contributed by atoms with Crippen LogP contribution in [0.4, 0.5) is 0 Å². The summed E-state index contributed by atoms with van der Waals surface area (Å²) in [5, 5.41) is 20.2. The number of aliphatic hydroxyl groups is 2. The van der Waals surface area contributed by atoms with Crippen LogP contribution >= 0.6 is 0 Å². The fourth-order valence-electron chi connectivity index (χ4n) is 3.35. The summed E-state index contributed by atoms with van der Waals surface area (Å²) in [5.41, 5.74) is -0.346. The number of hydrogen-bond acceptors (Lipinski definition) is 2. The van der Waals surface area contributed by atoms with Gasteiger partial charge in [0, 0.05) is 0 Å². The van der Waals surface area contributed by atoms with Crippen molar-refractivity contribution in [2.45, 2.75) is 70.0 Å². The van der Waals surface area contributed by atoms with E-state index in [4.69, 9.17) is 0 Å². The molecule has 3 unspecified atom stereocenters. The summed E-state index contributed by atoms with van der Waals surface area (Å²) in [4.78, 5) is 0. The fraction of sp³-hybridized carbons (Fsp3) is 1.00. The molecule has 0 radical (unpaired) electrons. The predicted octanol–water partition coefficient (Wildman–Crippen LogP) is 2.23. The van der Waals surface area contributed by atoms with Gasteiger partial charge in [-0.25, -0.2) is 0 Å². The third-order valence-electron chi connectivity index (χ3n) is 4.60. The second kappa shape index (κ2) is 3.49. The van der Waals surface area contributed by atoms with Crippen molar-refractivity contribution < 1.29 is 10.2 Å². The second-order valence-electron chi connectivity index (χ2n) is 5.53. The lowest BCUT2D eigenvalue weighted by Gasteiger charge is -2.42. The van der Waals surface area contributed by atoms with Crippen LogP contribution in [0.15, 0.2) is 0 Å². The molecule has 0 aromatic heterocycles. The van der Waals surface area contributed by atoms with Gasteiger partial charge < -0.3 is 10.2 Å². The van der Waals surface area contributed by atoms with Gasteiger partial charge in [-0.15, -0.1) is 0 Å². The lowest BCUT2D eigenvalue weighted by molar-refractivity contribution is -0.0784. The van der Waals surface area contributed by atoms with E-state index in [1.807, 2.05) is 0 Å². The molecule has 0 amide bonds. The zero-order valence-electron chi connectivity index (χ0n) is 9.13. The molecule has 2 aliphatic rings. The number of fused-ring (bicyclic) bond motifs is 1. The molecule has 2 N–H and O–H groups in total. The van der Waals surface area contributed by atoms with Gasteiger partial charge in [0.05, 0.1) is 11.7 Å². The maximum absolute atomic E-state index is 10.6. The second-order valence-corrected chi connectivity index (χ2v) is 5.53. The minimum absolute atomic E-state index is 0.0778. The Morgan fingerprint density at radius 3 is 2.50 bits per heavy atom. The predicted molar refractivity (Wildman–Crippen MR) is 56.0 cm³/mol. The minimum atomic E-state index is -0.423. The smallest absolute Gasteiger partial charge is 0.0701 e. The lowest BCUT2D eigenvalue weighted by atomic mass is 9.68. The largest absolute Gasteiger partial charge is 0.393 e. The molecule has 2 nitrogen and oxygen atoms in total. The Kier molecular flexibility index (Phi) is 2.61. The van der Waals surface area contributed by atoms with Gasteiger partial charge in [-0.2, -0.15) is 0 Å². The van der Waals surface area contributed by atoms with Crippen LogP contribution in [0.3, 0.4) is 0 Å². The molecule has 0 saturated heterocycles. The average molecular weight is 198 g/mol. The first-order chi connectivity index (χ1) is 6.56. The van der Waals surface area contributed by atoms with Gasteiger partial charge in [-0.3, -0.25) is 0 Å².